The molecular formula is C25H32N4O6. The molecule has 10 heteroatoms. The van der Waals surface area contributed by atoms with Gasteiger partial charge in [0.2, 0.25) is 12.8 Å². The van der Waals surface area contributed by atoms with Gasteiger partial charge >= 0.3 is 5.97 Å². The highest BCUT2D eigenvalue weighted by atomic mass is 16.6. The summed E-state index contributed by atoms with van der Waals surface area (Å²) in [6.07, 6.45) is 3.01. The highest BCUT2D eigenvalue weighted by Gasteiger charge is 2.43. The lowest BCUT2D eigenvalue weighted by Crippen LogP contribution is -2.48. The number of carbonyl (C=O) groups is 3. The van der Waals surface area contributed by atoms with Gasteiger partial charge < -0.3 is 20.2 Å². The minimum Gasteiger partial charge on any atom is -0.481 e. The molecule has 1 saturated heterocycles. The van der Waals surface area contributed by atoms with Crippen molar-refractivity contribution in [3.63, 3.8) is 0 Å². The minimum absolute atomic E-state index is 0.208. The van der Waals surface area contributed by atoms with Crippen LogP contribution in [-0.4, -0.2) is 70.8 Å². The van der Waals surface area contributed by atoms with Gasteiger partial charge in [0.05, 0.1) is 11.1 Å². The number of carbonyl (C=O) groups excluding carboxylic acids is 2. The summed E-state index contributed by atoms with van der Waals surface area (Å²) in [6.45, 7) is 5.64. The lowest BCUT2D eigenvalue weighted by molar-refractivity contribution is -0.505. The third kappa shape index (κ3) is 5.43. The van der Waals surface area contributed by atoms with E-state index in [2.05, 4.69) is 10.2 Å². The molecule has 1 aliphatic heterocycles. The predicted octanol–water partition coefficient (Wildman–Crippen LogP) is 2.30. The van der Waals surface area contributed by atoms with Crippen LogP contribution >= 0.6 is 0 Å². The molecule has 1 aromatic rings. The van der Waals surface area contributed by atoms with Crippen LogP contribution < -0.4 is 5.32 Å². The number of likely N-dealkylation sites (tertiary alicyclic amines) is 1. The molecule has 2 amide bonds. The van der Waals surface area contributed by atoms with E-state index in [0.717, 1.165) is 11.1 Å². The summed E-state index contributed by atoms with van der Waals surface area (Å²) in [5, 5.41) is 24.3. The van der Waals surface area contributed by atoms with E-state index in [0.29, 0.717) is 69.4 Å². The Morgan fingerprint density at radius 1 is 1.23 bits per heavy atom. The van der Waals surface area contributed by atoms with Crippen LogP contribution in [0, 0.1) is 10.1 Å². The fraction of sp³-hybridized carbons (Fsp3) is 0.480. The average molecular weight is 485 g/mol. The van der Waals surface area contributed by atoms with Crippen molar-refractivity contribution in [2.24, 2.45) is 0 Å². The molecule has 188 valence electrons. The number of carboxylic acid groups (broad SMARTS) is 1. The molecule has 0 bridgehead atoms. The van der Waals surface area contributed by atoms with E-state index in [4.69, 9.17) is 0 Å². The largest absolute Gasteiger partial charge is 0.481 e. The van der Waals surface area contributed by atoms with Crippen molar-refractivity contribution in [1.29, 1.82) is 0 Å². The number of nitrogens with zero attached hydrogens (tertiary/aromatic N) is 3. The third-order valence-electron chi connectivity index (χ3n) is 7.14. The maximum atomic E-state index is 12.2. The van der Waals surface area contributed by atoms with E-state index in [1.165, 1.54) is 4.90 Å². The molecule has 0 radical (unpaired) electrons. The topological polar surface area (TPSA) is 133 Å². The number of piperidine rings is 1. The summed E-state index contributed by atoms with van der Waals surface area (Å²) < 4.78 is 0. The van der Waals surface area contributed by atoms with Crippen LogP contribution in [0.4, 0.5) is 0 Å². The van der Waals surface area contributed by atoms with E-state index in [-0.39, 0.29) is 12.2 Å². The number of carboxylic acids is 1. The Hall–Kier alpha value is -3.53. The highest BCUT2D eigenvalue weighted by Crippen LogP contribution is 2.36. The van der Waals surface area contributed by atoms with Crippen molar-refractivity contribution >= 4 is 18.8 Å². The summed E-state index contributed by atoms with van der Waals surface area (Å²) in [4.78, 5) is 50.1. The van der Waals surface area contributed by atoms with Crippen LogP contribution in [0.25, 0.3) is 0 Å². The molecule has 10 nitrogen and oxygen atoms in total. The number of rotatable bonds is 11. The van der Waals surface area contributed by atoms with Gasteiger partial charge in [0.15, 0.2) is 0 Å². The molecule has 1 atom stereocenters. The number of benzene rings is 1. The zero-order valence-corrected chi connectivity index (χ0v) is 20.1. The van der Waals surface area contributed by atoms with Gasteiger partial charge in [0.1, 0.15) is 5.70 Å². The lowest BCUT2D eigenvalue weighted by atomic mass is 9.73. The Bertz CT molecular complexity index is 1030. The normalized spacial score (nSPS) is 20.3. The molecule has 0 saturated carbocycles. The fourth-order valence-electron chi connectivity index (χ4n) is 5.30. The monoisotopic (exact) mass is 484 g/mol. The van der Waals surface area contributed by atoms with Crippen LogP contribution in [0.5, 0.6) is 0 Å². The number of hydrogen-bond donors (Lipinski definition) is 2. The molecule has 1 heterocycles. The average Bonchev–Trinajstić information content (AvgIpc) is 2.84. The maximum Gasteiger partial charge on any atom is 0.314 e. The fourth-order valence-corrected chi connectivity index (χ4v) is 5.30. The molecule has 35 heavy (non-hydrogen) atoms. The number of hydrogen-bond acceptors (Lipinski definition) is 6. The van der Waals surface area contributed by atoms with Gasteiger partial charge in [-0.25, -0.2) is 0 Å². The second kappa shape index (κ2) is 11.3. The number of nitrogens with one attached hydrogen (secondary N) is 1. The number of nitro groups is 1. The van der Waals surface area contributed by atoms with Crippen molar-refractivity contribution in [2.75, 3.05) is 26.2 Å². The summed E-state index contributed by atoms with van der Waals surface area (Å²) in [5.74, 6) is -0.816. The number of amides is 2. The smallest absolute Gasteiger partial charge is 0.314 e. The molecule has 1 aliphatic carbocycles. The van der Waals surface area contributed by atoms with E-state index in [9.17, 15) is 29.6 Å². The Morgan fingerprint density at radius 2 is 1.89 bits per heavy atom. The molecule has 2 N–H and O–H groups in total. The van der Waals surface area contributed by atoms with Gasteiger partial charge in [0, 0.05) is 11.5 Å². The van der Waals surface area contributed by atoms with Crippen LogP contribution in [0.2, 0.25) is 0 Å². The van der Waals surface area contributed by atoms with Crippen molar-refractivity contribution in [1.82, 2.24) is 15.1 Å². The minimum atomic E-state index is -1.31. The van der Waals surface area contributed by atoms with Crippen molar-refractivity contribution < 1.29 is 24.4 Å². The first-order valence-electron chi connectivity index (χ1n) is 11.7. The summed E-state index contributed by atoms with van der Waals surface area (Å²) in [6, 6.07) is 8.00. The summed E-state index contributed by atoms with van der Waals surface area (Å²) >= 11 is 0. The van der Waals surface area contributed by atoms with Gasteiger partial charge in [-0.15, -0.1) is 0 Å². The van der Waals surface area contributed by atoms with E-state index in [1.807, 2.05) is 30.3 Å². The van der Waals surface area contributed by atoms with Gasteiger partial charge in [-0.2, -0.15) is 0 Å². The van der Waals surface area contributed by atoms with Crippen LogP contribution in [0.1, 0.15) is 45.1 Å². The Balaban J connectivity index is 1.64. The molecule has 0 spiro atoms. The lowest BCUT2D eigenvalue weighted by Gasteiger charge is -2.39. The number of aliphatic carboxylic acids is 1. The Kier molecular flexibility index (Phi) is 8.39. The molecule has 1 aromatic carbocycles. The zero-order valence-electron chi connectivity index (χ0n) is 20.1. The first kappa shape index (κ1) is 26.1. The molecule has 3 rings (SSSR count). The van der Waals surface area contributed by atoms with E-state index >= 15 is 0 Å². The van der Waals surface area contributed by atoms with Gasteiger partial charge in [-0.05, 0) is 75.9 Å². The first-order valence-corrected chi connectivity index (χ1v) is 11.7. The molecule has 1 fully saturated rings. The Morgan fingerprint density at radius 3 is 2.43 bits per heavy atom. The molecular weight excluding hydrogens is 452 g/mol. The van der Waals surface area contributed by atoms with Crippen molar-refractivity contribution in [3.05, 3.63) is 68.5 Å². The Labute approximate surface area is 204 Å². The second-order valence-electron chi connectivity index (χ2n) is 9.23. The van der Waals surface area contributed by atoms with E-state index in [1.54, 1.807) is 13.8 Å². The van der Waals surface area contributed by atoms with Crippen LogP contribution in [-0.2, 0) is 19.8 Å². The highest BCUT2D eigenvalue weighted by molar-refractivity contribution is 5.81. The van der Waals surface area contributed by atoms with Crippen molar-refractivity contribution in [2.45, 2.75) is 51.0 Å². The van der Waals surface area contributed by atoms with Crippen LogP contribution in [0.15, 0.2) is 52.9 Å². The van der Waals surface area contributed by atoms with Gasteiger partial charge in [-0.1, -0.05) is 30.3 Å². The second-order valence-corrected chi connectivity index (χ2v) is 9.23. The SMILES string of the molecule is CC1=C(NC=O)C([N+](=O)[O-])C(N(C=O)CCCN2CCC(C(=O)O)(c3ccccc3)CC2)=C(C)C1. The maximum absolute atomic E-state index is 12.2. The summed E-state index contributed by atoms with van der Waals surface area (Å²) in [5.41, 5.74) is 1.83. The first-order chi connectivity index (χ1) is 16.7. The quantitative estimate of drug-likeness (QED) is 0.280. The molecule has 1 unspecified atom stereocenters. The standard InChI is InChI=1S/C25H32N4O6/c1-18-15-19(2)22(23(29(34)35)21(18)26-16-30)28(17-31)12-6-11-27-13-9-25(10-14-27,24(32)33)20-7-4-3-5-8-20/h3-5,7-8,16-17,23H,6,9-15H2,1-2H3,(H,26,30)(H,32,33). The predicted molar refractivity (Wildman–Crippen MR) is 129 cm³/mol. The van der Waals surface area contributed by atoms with Crippen molar-refractivity contribution in [3.8, 4) is 0 Å². The molecule has 0 aromatic heterocycles. The third-order valence-corrected chi connectivity index (χ3v) is 7.14. The number of allylic oxidation sites excluding steroid dienone is 2. The van der Waals surface area contributed by atoms with Crippen LogP contribution in [0.3, 0.4) is 0 Å². The van der Waals surface area contributed by atoms with Gasteiger partial charge in [0.25, 0.3) is 6.04 Å². The zero-order chi connectivity index (χ0) is 25.6. The molecule has 2 aliphatic rings. The van der Waals surface area contributed by atoms with E-state index < -0.39 is 22.3 Å². The van der Waals surface area contributed by atoms with Gasteiger partial charge in [-0.3, -0.25) is 24.5 Å². The summed E-state index contributed by atoms with van der Waals surface area (Å²) in [7, 11) is 0.